The quantitative estimate of drug-likeness (QED) is 0.221. The number of nitrogens with one attached hydrogen (secondary N) is 2. The molecule has 0 saturated heterocycles. The van der Waals surface area contributed by atoms with Crippen LogP contribution in [0.4, 0.5) is 0 Å². The molecule has 0 unspecified atom stereocenters. The zero-order valence-corrected chi connectivity index (χ0v) is 26.1. The van der Waals surface area contributed by atoms with Gasteiger partial charge < -0.3 is 9.97 Å². The Labute approximate surface area is 249 Å². The van der Waals surface area contributed by atoms with Crippen molar-refractivity contribution in [1.82, 2.24) is 9.97 Å². The Bertz CT molecular complexity index is 1630. The summed E-state index contributed by atoms with van der Waals surface area (Å²) >= 11 is 0. The molecule has 2 aromatic heterocycles. The fourth-order valence-electron chi connectivity index (χ4n) is 6.99. The topological polar surface area (TPSA) is 99.9 Å². The summed E-state index contributed by atoms with van der Waals surface area (Å²) in [5.74, 6) is 0.169. The molecule has 4 aromatic rings. The third-order valence-electron chi connectivity index (χ3n) is 9.28. The molecule has 2 heterocycles. The fraction of sp³-hybridized carbons (Fsp3) is 0.412. The summed E-state index contributed by atoms with van der Waals surface area (Å²) in [6.07, 6.45) is 13.8. The molecule has 0 aliphatic heterocycles. The number of sulfone groups is 2. The van der Waals surface area contributed by atoms with Crippen LogP contribution in [0.2, 0.25) is 0 Å². The van der Waals surface area contributed by atoms with E-state index in [1.165, 1.54) is 0 Å². The normalized spacial score (nSPS) is 17.5. The molecule has 2 aromatic carbocycles. The molecule has 0 atom stereocenters. The molecular weight excluding hydrogens is 565 g/mol. The maximum absolute atomic E-state index is 14.1. The lowest BCUT2D eigenvalue weighted by Crippen LogP contribution is -2.13. The van der Waals surface area contributed by atoms with E-state index in [1.54, 1.807) is 24.3 Å². The second-order valence-electron chi connectivity index (χ2n) is 12.2. The van der Waals surface area contributed by atoms with Crippen LogP contribution in [0.15, 0.2) is 80.8 Å². The van der Waals surface area contributed by atoms with Crippen molar-refractivity contribution >= 4 is 19.7 Å². The molecule has 2 fully saturated rings. The van der Waals surface area contributed by atoms with E-state index in [-0.39, 0.29) is 31.7 Å². The van der Waals surface area contributed by atoms with Crippen LogP contribution in [0.5, 0.6) is 0 Å². The van der Waals surface area contributed by atoms with Gasteiger partial charge in [-0.25, -0.2) is 16.8 Å². The number of aromatic amines is 2. The van der Waals surface area contributed by atoms with Gasteiger partial charge in [0.2, 0.25) is 19.7 Å². The molecule has 42 heavy (non-hydrogen) atoms. The van der Waals surface area contributed by atoms with Gasteiger partial charge in [-0.2, -0.15) is 0 Å². The van der Waals surface area contributed by atoms with Crippen molar-refractivity contribution < 1.29 is 16.8 Å². The first-order valence-electron chi connectivity index (χ1n) is 15.2. The lowest BCUT2D eigenvalue weighted by atomic mass is 9.79. The van der Waals surface area contributed by atoms with E-state index >= 15 is 0 Å². The summed E-state index contributed by atoms with van der Waals surface area (Å²) in [6.45, 7) is 3.88. The summed E-state index contributed by atoms with van der Waals surface area (Å²) < 4.78 is 56.3. The number of hydrogen-bond acceptors (Lipinski definition) is 4. The molecule has 2 saturated carbocycles. The molecule has 222 valence electrons. The summed E-state index contributed by atoms with van der Waals surface area (Å²) in [6, 6.07) is 14.0. The molecule has 2 aliphatic carbocycles. The van der Waals surface area contributed by atoms with Gasteiger partial charge in [-0.1, -0.05) is 73.9 Å². The van der Waals surface area contributed by atoms with Gasteiger partial charge in [-0.3, -0.25) is 0 Å². The Morgan fingerprint density at radius 1 is 0.524 bits per heavy atom. The zero-order valence-electron chi connectivity index (χ0n) is 24.4. The van der Waals surface area contributed by atoms with E-state index in [2.05, 4.69) is 9.97 Å². The third-order valence-corrected chi connectivity index (χ3v) is 12.8. The van der Waals surface area contributed by atoms with E-state index in [0.717, 1.165) is 97.6 Å². The zero-order chi connectivity index (χ0) is 29.5. The van der Waals surface area contributed by atoms with Crippen LogP contribution in [-0.2, 0) is 19.7 Å². The molecular formula is C34H40N2O4S2. The molecule has 0 bridgehead atoms. The average molecular weight is 605 g/mol. The number of rotatable bonds is 7. The highest BCUT2D eigenvalue weighted by molar-refractivity contribution is 7.91. The van der Waals surface area contributed by atoms with Crippen LogP contribution in [-0.4, -0.2) is 26.8 Å². The van der Waals surface area contributed by atoms with E-state index in [0.29, 0.717) is 0 Å². The van der Waals surface area contributed by atoms with Crippen molar-refractivity contribution in [2.75, 3.05) is 0 Å². The third kappa shape index (κ3) is 5.28. The van der Waals surface area contributed by atoms with Gasteiger partial charge in [0.25, 0.3) is 0 Å². The van der Waals surface area contributed by atoms with E-state index < -0.39 is 19.7 Å². The van der Waals surface area contributed by atoms with Crippen molar-refractivity contribution in [2.24, 2.45) is 0 Å². The molecule has 0 radical (unpaired) electrons. The van der Waals surface area contributed by atoms with Crippen LogP contribution < -0.4 is 0 Å². The maximum atomic E-state index is 14.1. The van der Waals surface area contributed by atoms with Crippen molar-refractivity contribution in [2.45, 2.75) is 110 Å². The second-order valence-corrected chi connectivity index (χ2v) is 16.0. The van der Waals surface area contributed by atoms with E-state index in [9.17, 15) is 16.8 Å². The molecule has 8 heteroatoms. The Hall–Kier alpha value is -3.10. The summed E-state index contributed by atoms with van der Waals surface area (Å²) in [5, 5.41) is 0.485. The van der Waals surface area contributed by atoms with Crippen molar-refractivity contribution in [3.8, 4) is 11.1 Å². The second kappa shape index (κ2) is 11.5. The van der Waals surface area contributed by atoms with Crippen molar-refractivity contribution in [3.05, 3.63) is 83.2 Å². The van der Waals surface area contributed by atoms with Gasteiger partial charge in [-0.15, -0.1) is 0 Å². The minimum Gasteiger partial charge on any atom is -0.351 e. The lowest BCUT2D eigenvalue weighted by Gasteiger charge is -2.26. The molecule has 2 aliphatic rings. The smallest absolute Gasteiger partial charge is 0.222 e. The average Bonchev–Trinajstić information content (AvgIpc) is 3.64. The number of aryl methyl sites for hydroxylation is 2. The summed E-state index contributed by atoms with van der Waals surface area (Å²) in [4.78, 5) is 6.91. The Balaban J connectivity index is 1.56. The Morgan fingerprint density at radius 2 is 0.857 bits per heavy atom. The van der Waals surface area contributed by atoms with Crippen LogP contribution >= 0.6 is 0 Å². The Morgan fingerprint density at radius 3 is 1.19 bits per heavy atom. The SMILES string of the molecule is Cc1ccc(S(=O)(=O)c2[nH]cc(-c3c[nH]c(S(=O)(=O)c4ccc(C)cc4)c3C3CCCCC3)c2C2CCCCC2)cc1. The van der Waals surface area contributed by atoms with Gasteiger partial charge in [0.05, 0.1) is 9.79 Å². The minimum atomic E-state index is -3.81. The minimum absolute atomic E-state index is 0.0847. The first-order chi connectivity index (χ1) is 20.2. The highest BCUT2D eigenvalue weighted by Crippen LogP contribution is 2.48. The van der Waals surface area contributed by atoms with E-state index in [1.807, 2.05) is 50.5 Å². The summed E-state index contributed by atoms with van der Waals surface area (Å²) in [5.41, 5.74) is 5.25. The maximum Gasteiger partial charge on any atom is 0.222 e. The molecule has 6 nitrogen and oxygen atoms in total. The lowest BCUT2D eigenvalue weighted by molar-refractivity contribution is 0.436. The van der Waals surface area contributed by atoms with Crippen LogP contribution in [0.1, 0.15) is 98.3 Å². The first-order valence-corrected chi connectivity index (χ1v) is 18.2. The van der Waals surface area contributed by atoms with Crippen LogP contribution in [0.3, 0.4) is 0 Å². The number of aromatic nitrogens is 2. The van der Waals surface area contributed by atoms with Gasteiger partial charge in [0.15, 0.2) is 0 Å². The highest BCUT2D eigenvalue weighted by Gasteiger charge is 2.36. The standard InChI is InChI=1S/C34H40N2O4S2/c1-23-13-17-27(18-14-23)41(37,38)33-31(25-9-5-3-6-10-25)29(21-35-33)30-22-36-34(32(30)26-11-7-4-8-12-26)42(39,40)28-19-15-24(2)16-20-28/h13-22,25-26,35-36H,3-12H2,1-2H3. The first kappa shape index (κ1) is 29.0. The number of hydrogen-bond donors (Lipinski definition) is 2. The van der Waals surface area contributed by atoms with Gasteiger partial charge in [0.1, 0.15) is 10.1 Å². The van der Waals surface area contributed by atoms with Gasteiger partial charge >= 0.3 is 0 Å². The molecule has 0 amide bonds. The van der Waals surface area contributed by atoms with Crippen LogP contribution in [0.25, 0.3) is 11.1 Å². The van der Waals surface area contributed by atoms with Gasteiger partial charge in [-0.05, 0) is 75.6 Å². The van der Waals surface area contributed by atoms with Crippen LogP contribution in [0, 0.1) is 13.8 Å². The van der Waals surface area contributed by atoms with Crippen molar-refractivity contribution in [3.63, 3.8) is 0 Å². The monoisotopic (exact) mass is 604 g/mol. The molecule has 2 N–H and O–H groups in total. The number of H-pyrrole nitrogens is 2. The Kier molecular flexibility index (Phi) is 7.96. The molecule has 6 rings (SSSR count). The van der Waals surface area contributed by atoms with Gasteiger partial charge in [0, 0.05) is 34.6 Å². The van der Waals surface area contributed by atoms with E-state index in [4.69, 9.17) is 0 Å². The summed E-state index contributed by atoms with van der Waals surface area (Å²) in [7, 11) is -7.63. The molecule has 0 spiro atoms. The fourth-order valence-corrected chi connectivity index (χ4v) is 10.0. The largest absolute Gasteiger partial charge is 0.351 e. The highest BCUT2D eigenvalue weighted by atomic mass is 32.2. The number of benzene rings is 2. The predicted octanol–water partition coefficient (Wildman–Crippen LogP) is 8.39. The predicted molar refractivity (Wildman–Crippen MR) is 165 cm³/mol. The van der Waals surface area contributed by atoms with Crippen molar-refractivity contribution in [1.29, 1.82) is 0 Å².